The van der Waals surface area contributed by atoms with Crippen LogP contribution >= 0.6 is 24.0 Å². The topological polar surface area (TPSA) is 58.1 Å². The van der Waals surface area contributed by atoms with Crippen molar-refractivity contribution in [1.82, 2.24) is 15.5 Å². The van der Waals surface area contributed by atoms with E-state index in [1.54, 1.807) is 7.05 Å². The molecule has 0 radical (unpaired) electrons. The van der Waals surface area contributed by atoms with E-state index in [-0.39, 0.29) is 30.1 Å². The van der Waals surface area contributed by atoms with Gasteiger partial charge in [0.15, 0.2) is 5.96 Å². The monoisotopic (exact) mass is 504 g/mol. The van der Waals surface area contributed by atoms with Gasteiger partial charge in [0.25, 0.3) is 0 Å². The zero-order chi connectivity index (χ0) is 19.6. The Kier molecular flexibility index (Phi) is 11.8. The summed E-state index contributed by atoms with van der Waals surface area (Å²) in [6.07, 6.45) is 1.10. The first-order valence-corrected chi connectivity index (χ1v) is 10.1. The molecule has 0 bridgehead atoms. The maximum atomic E-state index is 6.17. The summed E-state index contributed by atoms with van der Waals surface area (Å²) in [4.78, 5) is 6.76. The second kappa shape index (κ2) is 13.2. The normalized spacial score (nSPS) is 17.0. The lowest BCUT2D eigenvalue weighted by atomic mass is 10.1. The number of halogens is 1. The predicted octanol–water partition coefficient (Wildman–Crippen LogP) is 3.18. The summed E-state index contributed by atoms with van der Waals surface area (Å²) >= 11 is 0. The zero-order valence-corrected chi connectivity index (χ0v) is 20.3. The summed E-state index contributed by atoms with van der Waals surface area (Å²) in [5, 5.41) is 6.80. The molecule has 2 rings (SSSR count). The number of hydrogen-bond acceptors (Lipinski definition) is 4. The molecule has 2 N–H and O–H groups in total. The minimum absolute atomic E-state index is 0. The van der Waals surface area contributed by atoms with Crippen LogP contribution in [0.2, 0.25) is 0 Å². The molecule has 1 fully saturated rings. The number of nitrogens with zero attached hydrogens (tertiary/aromatic N) is 2. The fraction of sp³-hybridized carbons (Fsp3) is 0.667. The largest absolute Gasteiger partial charge is 0.488 e. The van der Waals surface area contributed by atoms with Crippen LogP contribution in [0.1, 0.15) is 38.3 Å². The maximum Gasteiger partial charge on any atom is 0.191 e. The van der Waals surface area contributed by atoms with Crippen molar-refractivity contribution in [2.45, 2.75) is 52.8 Å². The molecule has 0 amide bonds. The summed E-state index contributed by atoms with van der Waals surface area (Å²) in [5.74, 6) is 1.75. The van der Waals surface area contributed by atoms with Gasteiger partial charge in [0.05, 0.1) is 13.2 Å². The van der Waals surface area contributed by atoms with E-state index in [9.17, 15) is 0 Å². The highest BCUT2D eigenvalue weighted by Crippen LogP contribution is 2.23. The molecule has 0 aliphatic carbocycles. The molecule has 1 heterocycles. The first-order chi connectivity index (χ1) is 13.0. The molecule has 0 spiro atoms. The van der Waals surface area contributed by atoms with E-state index < -0.39 is 0 Å². The van der Waals surface area contributed by atoms with Gasteiger partial charge in [-0.25, -0.2) is 0 Å². The van der Waals surface area contributed by atoms with E-state index in [0.29, 0.717) is 19.2 Å². The van der Waals surface area contributed by atoms with Crippen molar-refractivity contribution in [2.75, 3.05) is 39.9 Å². The highest BCUT2D eigenvalue weighted by Gasteiger charge is 2.18. The van der Waals surface area contributed by atoms with Crippen molar-refractivity contribution in [3.05, 3.63) is 29.3 Å². The summed E-state index contributed by atoms with van der Waals surface area (Å²) in [5.41, 5.74) is 2.33. The molecule has 1 aromatic carbocycles. The van der Waals surface area contributed by atoms with Crippen molar-refractivity contribution < 1.29 is 9.47 Å². The molecular weight excluding hydrogens is 467 g/mol. The van der Waals surface area contributed by atoms with Gasteiger partial charge in [-0.2, -0.15) is 0 Å². The average molecular weight is 504 g/mol. The number of guanidine groups is 1. The molecular formula is C21H37IN4O2. The third-order valence-electron chi connectivity index (χ3n) is 4.90. The number of likely N-dealkylation sites (N-methyl/N-ethyl adjacent to an activating group) is 1. The number of hydrogen-bond donors (Lipinski definition) is 2. The number of rotatable bonds is 9. The molecule has 0 aromatic heterocycles. The summed E-state index contributed by atoms with van der Waals surface area (Å²) in [6.45, 7) is 13.8. The van der Waals surface area contributed by atoms with E-state index in [2.05, 4.69) is 66.4 Å². The Hall–Kier alpha value is -1.06. The quantitative estimate of drug-likeness (QED) is 0.308. The number of nitrogens with one attached hydrogen (secondary N) is 2. The van der Waals surface area contributed by atoms with Crippen molar-refractivity contribution in [3.8, 4) is 5.75 Å². The second-order valence-corrected chi connectivity index (χ2v) is 7.29. The Bertz CT molecular complexity index is 604. The number of benzene rings is 1. The van der Waals surface area contributed by atoms with Crippen LogP contribution < -0.4 is 15.4 Å². The Morgan fingerprint density at radius 3 is 2.75 bits per heavy atom. The fourth-order valence-corrected chi connectivity index (χ4v) is 3.20. The second-order valence-electron chi connectivity index (χ2n) is 7.29. The summed E-state index contributed by atoms with van der Waals surface area (Å²) in [6, 6.07) is 6.90. The van der Waals surface area contributed by atoms with Gasteiger partial charge in [0.1, 0.15) is 11.9 Å². The minimum Gasteiger partial charge on any atom is -0.488 e. The molecule has 7 heteroatoms. The molecule has 1 saturated heterocycles. The SMILES string of the molecule is CCN(CCNC(=NC)NCc1ccc(C)cc1OC1CCOC1)C(C)C.I. The highest BCUT2D eigenvalue weighted by molar-refractivity contribution is 14.0. The summed E-state index contributed by atoms with van der Waals surface area (Å²) in [7, 11) is 1.80. The zero-order valence-electron chi connectivity index (χ0n) is 18.0. The molecule has 1 aromatic rings. The lowest BCUT2D eigenvalue weighted by Gasteiger charge is -2.25. The lowest BCUT2D eigenvalue weighted by molar-refractivity contribution is 0.140. The van der Waals surface area contributed by atoms with Gasteiger partial charge in [-0.05, 0) is 38.9 Å². The lowest BCUT2D eigenvalue weighted by Crippen LogP contribution is -2.42. The van der Waals surface area contributed by atoms with Gasteiger partial charge >= 0.3 is 0 Å². The van der Waals surface area contributed by atoms with Crippen molar-refractivity contribution in [1.29, 1.82) is 0 Å². The molecule has 1 atom stereocenters. The molecule has 160 valence electrons. The molecule has 1 aliphatic heterocycles. The number of ether oxygens (including phenoxy) is 2. The van der Waals surface area contributed by atoms with Gasteiger partial charge < -0.3 is 20.1 Å². The molecule has 1 aliphatic rings. The number of aliphatic imine (C=N–C) groups is 1. The van der Waals surface area contributed by atoms with Crippen LogP contribution in [-0.4, -0.2) is 62.9 Å². The van der Waals surface area contributed by atoms with Crippen LogP contribution in [0, 0.1) is 6.92 Å². The van der Waals surface area contributed by atoms with Gasteiger partial charge in [-0.3, -0.25) is 9.89 Å². The highest BCUT2D eigenvalue weighted by atomic mass is 127. The first-order valence-electron chi connectivity index (χ1n) is 10.1. The molecule has 28 heavy (non-hydrogen) atoms. The Labute approximate surface area is 187 Å². The average Bonchev–Trinajstić information content (AvgIpc) is 3.15. The Morgan fingerprint density at radius 2 is 2.14 bits per heavy atom. The first kappa shape index (κ1) is 25.0. The van der Waals surface area contributed by atoms with Gasteiger partial charge in [0, 0.05) is 44.7 Å². The van der Waals surface area contributed by atoms with Gasteiger partial charge in [0.2, 0.25) is 0 Å². The predicted molar refractivity (Wildman–Crippen MR) is 127 cm³/mol. The van der Waals surface area contributed by atoms with Crippen molar-refractivity contribution in [3.63, 3.8) is 0 Å². The van der Waals surface area contributed by atoms with Crippen LogP contribution in [0.15, 0.2) is 23.2 Å². The fourth-order valence-electron chi connectivity index (χ4n) is 3.20. The molecule has 6 nitrogen and oxygen atoms in total. The van der Waals surface area contributed by atoms with E-state index in [4.69, 9.17) is 9.47 Å². The standard InChI is InChI=1S/C21H36N4O2.HI/c1-6-25(16(2)3)11-10-23-21(22-5)24-14-18-8-7-17(4)13-20(18)27-19-9-12-26-15-19;/h7-8,13,16,19H,6,9-12,14-15H2,1-5H3,(H2,22,23,24);1H. The van der Waals surface area contributed by atoms with Crippen LogP contribution in [0.5, 0.6) is 5.75 Å². The smallest absolute Gasteiger partial charge is 0.191 e. The molecule has 0 saturated carbocycles. The van der Waals surface area contributed by atoms with Gasteiger partial charge in [-0.15, -0.1) is 24.0 Å². The van der Waals surface area contributed by atoms with Crippen molar-refractivity contribution >= 4 is 29.9 Å². The maximum absolute atomic E-state index is 6.17. The van der Waals surface area contributed by atoms with E-state index >= 15 is 0 Å². The Balaban J connectivity index is 0.00000392. The van der Waals surface area contributed by atoms with Crippen LogP contribution in [-0.2, 0) is 11.3 Å². The van der Waals surface area contributed by atoms with E-state index in [0.717, 1.165) is 49.9 Å². The third kappa shape index (κ3) is 8.13. The molecule has 1 unspecified atom stereocenters. The van der Waals surface area contributed by atoms with Crippen LogP contribution in [0.3, 0.4) is 0 Å². The van der Waals surface area contributed by atoms with E-state index in [1.807, 2.05) is 0 Å². The van der Waals surface area contributed by atoms with Crippen molar-refractivity contribution in [2.24, 2.45) is 4.99 Å². The number of aryl methyl sites for hydroxylation is 1. The van der Waals surface area contributed by atoms with E-state index in [1.165, 1.54) is 5.56 Å². The Morgan fingerprint density at radius 1 is 1.36 bits per heavy atom. The minimum atomic E-state index is 0. The third-order valence-corrected chi connectivity index (χ3v) is 4.90. The van der Waals surface area contributed by atoms with Gasteiger partial charge in [-0.1, -0.05) is 19.1 Å². The summed E-state index contributed by atoms with van der Waals surface area (Å²) < 4.78 is 11.6. The van der Waals surface area contributed by atoms with Crippen LogP contribution in [0.25, 0.3) is 0 Å². The van der Waals surface area contributed by atoms with Crippen LogP contribution in [0.4, 0.5) is 0 Å².